The number of para-hydroxylation sites is 1. The lowest BCUT2D eigenvalue weighted by Crippen LogP contribution is -2.18. The normalized spacial score (nSPS) is 10.2. The van der Waals surface area contributed by atoms with E-state index >= 15 is 0 Å². The second kappa shape index (κ2) is 9.34. The zero-order chi connectivity index (χ0) is 19.9. The third kappa shape index (κ3) is 5.31. The molecule has 0 saturated carbocycles. The lowest BCUT2D eigenvalue weighted by molar-refractivity contribution is 0.0531. The molecule has 5 nitrogen and oxygen atoms in total. The number of hydrogen-bond donors (Lipinski definition) is 2. The van der Waals surface area contributed by atoms with Gasteiger partial charge in [-0.05, 0) is 74.1 Å². The minimum Gasteiger partial charge on any atom is -0.462 e. The van der Waals surface area contributed by atoms with Crippen LogP contribution in [0.25, 0.3) is 0 Å². The molecule has 1 aromatic heterocycles. The fourth-order valence-electron chi connectivity index (χ4n) is 2.45. The number of aryl methyl sites for hydroxylation is 1. The maximum atomic E-state index is 11.9. The fourth-order valence-corrected chi connectivity index (χ4v) is 3.71. The van der Waals surface area contributed by atoms with Gasteiger partial charge in [0, 0.05) is 5.69 Å². The number of thiocarbonyl (C=S) groups is 1. The molecule has 2 N–H and O–H groups in total. The highest BCUT2D eigenvalue weighted by molar-refractivity contribution is 7.80. The summed E-state index contributed by atoms with van der Waals surface area (Å²) in [6, 6.07) is 19.0. The van der Waals surface area contributed by atoms with Crippen molar-refractivity contribution in [3.05, 3.63) is 71.1 Å². The summed E-state index contributed by atoms with van der Waals surface area (Å²) in [5.41, 5.74) is 1.69. The van der Waals surface area contributed by atoms with E-state index in [1.54, 1.807) is 6.92 Å². The van der Waals surface area contributed by atoms with E-state index in [0.717, 1.165) is 27.8 Å². The molecule has 0 saturated heterocycles. The molecule has 0 spiro atoms. The maximum Gasteiger partial charge on any atom is 0.348 e. The molecule has 2 aromatic carbocycles. The first-order valence-corrected chi connectivity index (χ1v) is 9.96. The quantitative estimate of drug-likeness (QED) is 0.392. The Morgan fingerprint density at radius 1 is 1.04 bits per heavy atom. The van der Waals surface area contributed by atoms with Gasteiger partial charge in [0.2, 0.25) is 0 Å². The van der Waals surface area contributed by atoms with Crippen LogP contribution in [0.4, 0.5) is 10.7 Å². The van der Waals surface area contributed by atoms with Crippen molar-refractivity contribution in [2.75, 3.05) is 17.2 Å². The number of nitrogens with one attached hydrogen (secondary N) is 2. The zero-order valence-electron chi connectivity index (χ0n) is 15.5. The number of esters is 1. The molecule has 28 heavy (non-hydrogen) atoms. The number of thiophene rings is 1. The highest BCUT2D eigenvalue weighted by Crippen LogP contribution is 2.28. The summed E-state index contributed by atoms with van der Waals surface area (Å²) in [7, 11) is 0. The van der Waals surface area contributed by atoms with Crippen LogP contribution in [0.1, 0.15) is 22.2 Å². The first-order chi connectivity index (χ1) is 13.5. The van der Waals surface area contributed by atoms with E-state index in [0.29, 0.717) is 16.6 Å². The average Bonchev–Trinajstić information content (AvgIpc) is 3.04. The van der Waals surface area contributed by atoms with Gasteiger partial charge >= 0.3 is 5.97 Å². The predicted molar refractivity (Wildman–Crippen MR) is 118 cm³/mol. The van der Waals surface area contributed by atoms with E-state index in [1.165, 1.54) is 11.3 Å². The second-order valence-corrected chi connectivity index (χ2v) is 7.32. The number of hydrogen-bond acceptors (Lipinski definition) is 5. The van der Waals surface area contributed by atoms with Gasteiger partial charge in [0.25, 0.3) is 0 Å². The number of anilines is 2. The van der Waals surface area contributed by atoms with Gasteiger partial charge in [0.05, 0.1) is 11.6 Å². The molecule has 0 atom stereocenters. The molecule has 0 fully saturated rings. The predicted octanol–water partition coefficient (Wildman–Crippen LogP) is 5.83. The Kier molecular flexibility index (Phi) is 6.62. The van der Waals surface area contributed by atoms with E-state index in [2.05, 4.69) is 10.6 Å². The smallest absolute Gasteiger partial charge is 0.348 e. The van der Waals surface area contributed by atoms with Crippen LogP contribution in [-0.2, 0) is 4.74 Å². The second-order valence-electron chi connectivity index (χ2n) is 5.86. The van der Waals surface area contributed by atoms with Gasteiger partial charge in [-0.15, -0.1) is 11.3 Å². The third-order valence-corrected chi connectivity index (χ3v) is 5.04. The van der Waals surface area contributed by atoms with E-state index in [1.807, 2.05) is 67.6 Å². The Balaban J connectivity index is 1.58. The van der Waals surface area contributed by atoms with Crippen molar-refractivity contribution in [2.45, 2.75) is 13.8 Å². The zero-order valence-corrected chi connectivity index (χ0v) is 17.2. The first-order valence-electron chi connectivity index (χ1n) is 8.73. The molecule has 0 unspecified atom stereocenters. The Morgan fingerprint density at radius 2 is 1.71 bits per heavy atom. The van der Waals surface area contributed by atoms with Crippen molar-refractivity contribution >= 4 is 45.3 Å². The van der Waals surface area contributed by atoms with Gasteiger partial charge < -0.3 is 20.1 Å². The van der Waals surface area contributed by atoms with E-state index < -0.39 is 0 Å². The highest BCUT2D eigenvalue weighted by atomic mass is 32.1. The molecule has 1 heterocycles. The van der Waals surface area contributed by atoms with E-state index in [4.69, 9.17) is 21.7 Å². The molecular formula is C21H20N2O3S2. The standard InChI is InChI=1S/C21H20N2O3S2/c1-3-25-20(24)19-14(2)13-18(28-19)23-21(27)22-15-9-11-17(12-10-15)26-16-7-5-4-6-8-16/h4-13H,3H2,1-2H3,(H2,22,23,27). The van der Waals surface area contributed by atoms with Crippen LogP contribution < -0.4 is 15.4 Å². The lowest BCUT2D eigenvalue weighted by Gasteiger charge is -2.10. The van der Waals surface area contributed by atoms with Gasteiger partial charge in [0.15, 0.2) is 5.11 Å². The van der Waals surface area contributed by atoms with Crippen LogP contribution in [0.15, 0.2) is 60.7 Å². The Labute approximate surface area is 173 Å². The van der Waals surface area contributed by atoms with Crippen molar-refractivity contribution in [3.8, 4) is 11.5 Å². The molecule has 3 rings (SSSR count). The summed E-state index contributed by atoms with van der Waals surface area (Å²) < 4.78 is 10.8. The van der Waals surface area contributed by atoms with Gasteiger partial charge in [-0.25, -0.2) is 4.79 Å². The Bertz CT molecular complexity index is 954. The first kappa shape index (κ1) is 19.9. The summed E-state index contributed by atoms with van der Waals surface area (Å²) in [5, 5.41) is 7.44. The van der Waals surface area contributed by atoms with Crippen LogP contribution in [0.3, 0.4) is 0 Å². The van der Waals surface area contributed by atoms with Crippen LogP contribution >= 0.6 is 23.6 Å². The molecule has 0 aliphatic carbocycles. The van der Waals surface area contributed by atoms with Gasteiger partial charge in [0.1, 0.15) is 16.4 Å². The van der Waals surface area contributed by atoms with Crippen LogP contribution in [-0.4, -0.2) is 17.7 Å². The highest BCUT2D eigenvalue weighted by Gasteiger charge is 2.15. The topological polar surface area (TPSA) is 59.6 Å². The molecule has 0 aliphatic heterocycles. The maximum absolute atomic E-state index is 11.9. The van der Waals surface area contributed by atoms with Crippen molar-refractivity contribution in [1.82, 2.24) is 0 Å². The average molecular weight is 413 g/mol. The van der Waals surface area contributed by atoms with Gasteiger partial charge in [-0.1, -0.05) is 18.2 Å². The van der Waals surface area contributed by atoms with Gasteiger partial charge in [-0.3, -0.25) is 0 Å². The van der Waals surface area contributed by atoms with Gasteiger partial charge in [-0.2, -0.15) is 0 Å². The molecule has 0 radical (unpaired) electrons. The largest absolute Gasteiger partial charge is 0.462 e. The van der Waals surface area contributed by atoms with Crippen molar-refractivity contribution < 1.29 is 14.3 Å². The molecule has 0 amide bonds. The number of rotatable bonds is 6. The fraction of sp³-hybridized carbons (Fsp3) is 0.143. The molecular weight excluding hydrogens is 392 g/mol. The van der Waals surface area contributed by atoms with Crippen molar-refractivity contribution in [3.63, 3.8) is 0 Å². The molecule has 3 aromatic rings. The third-order valence-electron chi connectivity index (χ3n) is 3.71. The van der Waals surface area contributed by atoms with Crippen LogP contribution in [0.2, 0.25) is 0 Å². The summed E-state index contributed by atoms with van der Waals surface area (Å²) in [6.45, 7) is 4.01. The Hall–Kier alpha value is -2.90. The molecule has 0 aliphatic rings. The number of ether oxygens (including phenoxy) is 2. The minimum absolute atomic E-state index is 0.314. The van der Waals surface area contributed by atoms with E-state index in [9.17, 15) is 4.79 Å². The van der Waals surface area contributed by atoms with Crippen molar-refractivity contribution in [2.24, 2.45) is 0 Å². The Morgan fingerprint density at radius 3 is 2.39 bits per heavy atom. The molecule has 0 bridgehead atoms. The van der Waals surface area contributed by atoms with E-state index in [-0.39, 0.29) is 5.97 Å². The summed E-state index contributed by atoms with van der Waals surface area (Å²) in [4.78, 5) is 12.5. The lowest BCUT2D eigenvalue weighted by atomic mass is 10.3. The van der Waals surface area contributed by atoms with Crippen molar-refractivity contribution in [1.29, 1.82) is 0 Å². The summed E-state index contributed by atoms with van der Waals surface area (Å²) >= 11 is 6.68. The number of benzene rings is 2. The molecule has 7 heteroatoms. The van der Waals surface area contributed by atoms with Crippen LogP contribution in [0, 0.1) is 6.92 Å². The SMILES string of the molecule is CCOC(=O)c1sc(NC(=S)Nc2ccc(Oc3ccccc3)cc2)cc1C. The molecule has 144 valence electrons. The van der Waals surface area contributed by atoms with Crippen LogP contribution in [0.5, 0.6) is 11.5 Å². The monoisotopic (exact) mass is 412 g/mol. The summed E-state index contributed by atoms with van der Waals surface area (Å²) in [5.74, 6) is 1.21. The summed E-state index contributed by atoms with van der Waals surface area (Å²) in [6.07, 6.45) is 0. The number of carbonyl (C=O) groups excluding carboxylic acids is 1. The minimum atomic E-state index is -0.314. The number of carbonyl (C=O) groups is 1.